The number of anilines is 2. The number of carbonyl (C=O) groups excluding carboxylic acids is 3. The monoisotopic (exact) mass is 600 g/mol. The third-order valence-electron chi connectivity index (χ3n) is 7.73. The van der Waals surface area contributed by atoms with E-state index in [0.29, 0.717) is 29.2 Å². The molecule has 44 heavy (non-hydrogen) atoms. The van der Waals surface area contributed by atoms with E-state index < -0.39 is 12.1 Å². The van der Waals surface area contributed by atoms with Gasteiger partial charge in [0.25, 0.3) is 0 Å². The summed E-state index contributed by atoms with van der Waals surface area (Å²) in [6, 6.07) is 18.0. The highest BCUT2D eigenvalue weighted by Gasteiger charge is 2.32. The summed E-state index contributed by atoms with van der Waals surface area (Å²) in [5.74, 6) is -0.228. The van der Waals surface area contributed by atoms with Crippen molar-refractivity contribution in [3.8, 4) is 5.75 Å². The first-order valence-electron chi connectivity index (χ1n) is 14.4. The van der Waals surface area contributed by atoms with Gasteiger partial charge in [0.2, 0.25) is 11.8 Å². The number of urea groups is 1. The van der Waals surface area contributed by atoms with Crippen LogP contribution >= 0.6 is 0 Å². The maximum atomic E-state index is 13.5. The summed E-state index contributed by atoms with van der Waals surface area (Å²) in [5.41, 5.74) is 1.76. The second-order valence-corrected chi connectivity index (χ2v) is 11.1. The van der Waals surface area contributed by atoms with E-state index in [0.717, 1.165) is 10.8 Å². The number of amides is 4. The summed E-state index contributed by atoms with van der Waals surface area (Å²) >= 11 is 0. The van der Waals surface area contributed by atoms with Crippen molar-refractivity contribution in [2.45, 2.75) is 39.0 Å². The molecule has 0 aliphatic carbocycles. The molecule has 3 aromatic carbocycles. The van der Waals surface area contributed by atoms with Crippen LogP contribution in [0.15, 0.2) is 67.0 Å². The number of hydrogen-bond donors (Lipinski definition) is 3. The molecule has 3 atom stereocenters. The van der Waals surface area contributed by atoms with Gasteiger partial charge < -0.3 is 30.3 Å². The molecule has 0 fully saturated rings. The van der Waals surface area contributed by atoms with Crippen molar-refractivity contribution in [2.24, 2.45) is 5.92 Å². The van der Waals surface area contributed by atoms with Gasteiger partial charge in [0, 0.05) is 36.1 Å². The molecular weight excluding hydrogens is 564 g/mol. The Balaban J connectivity index is 1.37. The number of tetrazole rings is 1. The zero-order valence-corrected chi connectivity index (χ0v) is 24.9. The van der Waals surface area contributed by atoms with Crippen LogP contribution < -0.4 is 15.4 Å². The Hall–Kier alpha value is -5.04. The number of carbonyl (C=O) groups is 3. The molecule has 0 radical (unpaired) electrons. The Morgan fingerprint density at radius 2 is 1.93 bits per heavy atom. The van der Waals surface area contributed by atoms with E-state index in [4.69, 9.17) is 4.74 Å². The summed E-state index contributed by atoms with van der Waals surface area (Å²) < 4.78 is 7.82. The van der Waals surface area contributed by atoms with E-state index in [9.17, 15) is 19.5 Å². The average molecular weight is 601 g/mol. The summed E-state index contributed by atoms with van der Waals surface area (Å²) in [5, 5.41) is 28.5. The lowest BCUT2D eigenvalue weighted by Crippen LogP contribution is -2.48. The Kier molecular flexibility index (Phi) is 9.34. The minimum Gasteiger partial charge on any atom is -0.488 e. The highest BCUT2D eigenvalue weighted by Crippen LogP contribution is 2.30. The van der Waals surface area contributed by atoms with Gasteiger partial charge in [-0.25, -0.2) is 9.48 Å². The number of likely N-dealkylation sites (N-methyl/N-ethyl adjacent to an activating group) is 1. The molecule has 230 valence electrons. The van der Waals surface area contributed by atoms with Gasteiger partial charge in [-0.1, -0.05) is 43.3 Å². The predicted octanol–water partition coefficient (Wildman–Crippen LogP) is 2.78. The molecule has 4 amide bonds. The lowest BCUT2D eigenvalue weighted by molar-refractivity contribution is -0.134. The number of fused-ring (bicyclic) bond motifs is 2. The number of benzene rings is 3. The molecule has 4 aromatic rings. The highest BCUT2D eigenvalue weighted by molar-refractivity contribution is 6.01. The minimum atomic E-state index is -0.489. The quantitative estimate of drug-likeness (QED) is 0.279. The fourth-order valence-corrected chi connectivity index (χ4v) is 5.22. The molecule has 1 aliphatic heterocycles. The average Bonchev–Trinajstić information content (AvgIpc) is 3.53. The van der Waals surface area contributed by atoms with Crippen LogP contribution in [0.3, 0.4) is 0 Å². The largest absolute Gasteiger partial charge is 0.488 e. The number of aliphatic hydroxyl groups excluding tert-OH is 1. The van der Waals surface area contributed by atoms with Crippen molar-refractivity contribution in [3.63, 3.8) is 0 Å². The van der Waals surface area contributed by atoms with Crippen molar-refractivity contribution in [3.05, 3.63) is 72.6 Å². The maximum Gasteiger partial charge on any atom is 0.321 e. The fourth-order valence-electron chi connectivity index (χ4n) is 5.22. The smallest absolute Gasteiger partial charge is 0.321 e. The van der Waals surface area contributed by atoms with Crippen LogP contribution in [0.25, 0.3) is 10.8 Å². The topological polar surface area (TPSA) is 155 Å². The lowest BCUT2D eigenvalue weighted by Gasteiger charge is -2.34. The summed E-state index contributed by atoms with van der Waals surface area (Å²) in [6.07, 6.45) is 0.859. The van der Waals surface area contributed by atoms with Crippen LogP contribution in [0.5, 0.6) is 5.75 Å². The van der Waals surface area contributed by atoms with Gasteiger partial charge in [-0.2, -0.15) is 0 Å². The van der Waals surface area contributed by atoms with Crippen LogP contribution in [-0.4, -0.2) is 91.8 Å². The van der Waals surface area contributed by atoms with Gasteiger partial charge in [0.05, 0.1) is 31.3 Å². The number of aromatic nitrogens is 4. The minimum absolute atomic E-state index is 0.00717. The Labute approximate surface area is 254 Å². The zero-order valence-electron chi connectivity index (χ0n) is 24.9. The summed E-state index contributed by atoms with van der Waals surface area (Å²) in [7, 11) is 1.70. The molecule has 0 saturated heterocycles. The molecule has 0 spiro atoms. The molecule has 13 nitrogen and oxygen atoms in total. The number of hydrogen-bond acceptors (Lipinski definition) is 8. The van der Waals surface area contributed by atoms with Crippen molar-refractivity contribution >= 4 is 40.0 Å². The van der Waals surface area contributed by atoms with Gasteiger partial charge in [-0.3, -0.25) is 9.59 Å². The van der Waals surface area contributed by atoms with Crippen molar-refractivity contribution < 1.29 is 24.2 Å². The van der Waals surface area contributed by atoms with Crippen molar-refractivity contribution in [1.82, 2.24) is 30.0 Å². The van der Waals surface area contributed by atoms with Crippen LogP contribution in [0, 0.1) is 5.92 Å². The van der Waals surface area contributed by atoms with Crippen LogP contribution in [0.1, 0.15) is 19.4 Å². The van der Waals surface area contributed by atoms with Crippen LogP contribution in [0.2, 0.25) is 0 Å². The van der Waals surface area contributed by atoms with E-state index in [1.54, 1.807) is 42.0 Å². The molecule has 0 saturated carbocycles. The van der Waals surface area contributed by atoms with E-state index in [1.807, 2.05) is 49.4 Å². The van der Waals surface area contributed by atoms with E-state index >= 15 is 0 Å². The van der Waals surface area contributed by atoms with Crippen LogP contribution in [0.4, 0.5) is 16.2 Å². The molecule has 0 unspecified atom stereocenters. The Morgan fingerprint density at radius 1 is 1.14 bits per heavy atom. The molecule has 1 aromatic heterocycles. The third kappa shape index (κ3) is 7.11. The number of nitrogens with one attached hydrogen (secondary N) is 2. The lowest BCUT2D eigenvalue weighted by atomic mass is 10.0. The van der Waals surface area contributed by atoms with E-state index in [1.165, 1.54) is 11.0 Å². The second-order valence-electron chi connectivity index (χ2n) is 11.1. The highest BCUT2D eigenvalue weighted by atomic mass is 16.5. The standard InChI is InChI=1S/C31H36N8O5/c1-20-15-39(21(2)18-40)30(42)14-23-13-24(33-29(41)17-38-19-32-35-36-38)11-12-27(23)44-28(20)16-37(3)31(43)34-26-10-6-8-22-7-4-5-9-25(22)26/h4-13,19-21,28,40H,14-18H2,1-3H3,(H,33,41)(H,34,43)/t20-,21-,28+/m1/s1. The van der Waals surface area contributed by atoms with Crippen molar-refractivity contribution in [1.29, 1.82) is 0 Å². The first-order valence-corrected chi connectivity index (χ1v) is 14.4. The first kappa shape index (κ1) is 30.4. The van der Waals surface area contributed by atoms with E-state index in [-0.39, 0.29) is 49.9 Å². The normalized spacial score (nSPS) is 17.5. The zero-order chi connectivity index (χ0) is 31.2. The predicted molar refractivity (Wildman–Crippen MR) is 164 cm³/mol. The molecular formula is C31H36N8O5. The molecule has 2 heterocycles. The molecule has 3 N–H and O–H groups in total. The van der Waals surface area contributed by atoms with Gasteiger partial charge >= 0.3 is 6.03 Å². The fraction of sp³-hybridized carbons (Fsp3) is 0.355. The summed E-state index contributed by atoms with van der Waals surface area (Å²) in [4.78, 5) is 42.6. The number of aliphatic hydroxyl groups is 1. The first-order chi connectivity index (χ1) is 21.2. The van der Waals surface area contributed by atoms with Gasteiger partial charge in [-0.15, -0.1) is 5.10 Å². The van der Waals surface area contributed by atoms with Gasteiger partial charge in [0.15, 0.2) is 0 Å². The molecule has 13 heteroatoms. The van der Waals surface area contributed by atoms with E-state index in [2.05, 4.69) is 26.2 Å². The summed E-state index contributed by atoms with van der Waals surface area (Å²) in [6.45, 7) is 4.04. The molecule has 1 aliphatic rings. The number of ether oxygens (including phenoxy) is 1. The third-order valence-corrected chi connectivity index (χ3v) is 7.73. The van der Waals surface area contributed by atoms with Crippen molar-refractivity contribution in [2.75, 3.05) is 37.4 Å². The van der Waals surface area contributed by atoms with Crippen LogP contribution in [-0.2, 0) is 22.6 Å². The second kappa shape index (κ2) is 13.5. The number of rotatable bonds is 8. The molecule has 5 rings (SSSR count). The Morgan fingerprint density at radius 3 is 2.70 bits per heavy atom. The Bertz CT molecular complexity index is 1620. The van der Waals surface area contributed by atoms with Gasteiger partial charge in [0.1, 0.15) is 24.7 Å². The SMILES string of the molecule is C[C@@H]1CN([C@H](C)CO)C(=O)Cc2cc(NC(=O)Cn3cnnn3)ccc2O[C@H]1CN(C)C(=O)Nc1cccc2ccccc12. The molecule has 0 bridgehead atoms. The number of nitrogens with zero attached hydrogens (tertiary/aromatic N) is 6. The van der Waals surface area contributed by atoms with Gasteiger partial charge in [-0.05, 0) is 47.0 Å². The maximum absolute atomic E-state index is 13.5.